The van der Waals surface area contributed by atoms with E-state index in [1.807, 2.05) is 37.3 Å². The number of carboxylic acid groups (broad SMARTS) is 1. The Morgan fingerprint density at radius 3 is 2.46 bits per heavy atom. The number of benzene rings is 2. The van der Waals surface area contributed by atoms with Gasteiger partial charge in [0.15, 0.2) is 0 Å². The van der Waals surface area contributed by atoms with E-state index in [0.717, 1.165) is 11.1 Å². The first-order chi connectivity index (χ1) is 11.5. The lowest BCUT2D eigenvalue weighted by Crippen LogP contribution is -2.30. The second kappa shape index (κ2) is 6.65. The van der Waals surface area contributed by atoms with E-state index in [1.165, 1.54) is 0 Å². The molecule has 0 saturated carbocycles. The van der Waals surface area contributed by atoms with Crippen LogP contribution in [-0.4, -0.2) is 35.0 Å². The largest absolute Gasteiger partial charge is 0.481 e. The molecule has 24 heavy (non-hydrogen) atoms. The maximum Gasteiger partial charge on any atom is 0.308 e. The molecule has 0 bridgehead atoms. The van der Waals surface area contributed by atoms with Gasteiger partial charge in [-0.1, -0.05) is 41.9 Å². The highest BCUT2D eigenvalue weighted by Crippen LogP contribution is 2.33. The molecule has 2 atom stereocenters. The van der Waals surface area contributed by atoms with Crippen molar-refractivity contribution in [3.8, 4) is 0 Å². The second-order valence-electron chi connectivity index (χ2n) is 6.19. The van der Waals surface area contributed by atoms with Gasteiger partial charge in [-0.25, -0.2) is 0 Å². The minimum absolute atomic E-state index is 0.176. The van der Waals surface area contributed by atoms with Crippen molar-refractivity contribution < 1.29 is 14.7 Å². The van der Waals surface area contributed by atoms with E-state index in [4.69, 9.17) is 11.6 Å². The van der Waals surface area contributed by atoms with Crippen molar-refractivity contribution in [2.24, 2.45) is 5.92 Å². The second-order valence-corrected chi connectivity index (χ2v) is 6.63. The van der Waals surface area contributed by atoms with Gasteiger partial charge in [-0.05, 0) is 36.2 Å². The first-order valence-corrected chi connectivity index (χ1v) is 8.17. The van der Waals surface area contributed by atoms with Crippen LogP contribution in [-0.2, 0) is 4.79 Å². The van der Waals surface area contributed by atoms with E-state index in [2.05, 4.69) is 0 Å². The molecule has 0 aromatic heterocycles. The van der Waals surface area contributed by atoms with Crippen molar-refractivity contribution >= 4 is 23.5 Å². The molecule has 1 aliphatic heterocycles. The molecule has 4 nitrogen and oxygen atoms in total. The molecule has 1 amide bonds. The first kappa shape index (κ1) is 16.5. The van der Waals surface area contributed by atoms with Gasteiger partial charge in [-0.3, -0.25) is 9.59 Å². The SMILES string of the molecule is Cc1cc(Cl)cc(C(=O)N2CC(C(=O)O)C(c3ccccc3)C2)c1. The zero-order valence-corrected chi connectivity index (χ0v) is 14.0. The first-order valence-electron chi connectivity index (χ1n) is 7.80. The Kier molecular flexibility index (Phi) is 4.58. The Bertz CT molecular complexity index is 755. The van der Waals surface area contributed by atoms with Crippen molar-refractivity contribution in [2.75, 3.05) is 13.1 Å². The van der Waals surface area contributed by atoms with Crippen LogP contribution in [0.3, 0.4) is 0 Å². The average molecular weight is 344 g/mol. The van der Waals surface area contributed by atoms with Crippen LogP contribution in [0.1, 0.15) is 27.4 Å². The minimum Gasteiger partial charge on any atom is -0.481 e. The van der Waals surface area contributed by atoms with Crippen molar-refractivity contribution in [1.82, 2.24) is 4.90 Å². The van der Waals surface area contributed by atoms with Gasteiger partial charge in [-0.15, -0.1) is 0 Å². The van der Waals surface area contributed by atoms with E-state index < -0.39 is 11.9 Å². The number of aliphatic carboxylic acids is 1. The van der Waals surface area contributed by atoms with Crippen LogP contribution in [0.2, 0.25) is 5.02 Å². The van der Waals surface area contributed by atoms with Gasteiger partial charge >= 0.3 is 5.97 Å². The molecular formula is C19H18ClNO3. The van der Waals surface area contributed by atoms with Gasteiger partial charge in [0.05, 0.1) is 5.92 Å². The van der Waals surface area contributed by atoms with Crippen molar-refractivity contribution in [2.45, 2.75) is 12.8 Å². The lowest BCUT2D eigenvalue weighted by molar-refractivity contribution is -0.141. The number of halogens is 1. The third kappa shape index (κ3) is 3.29. The number of nitrogens with zero attached hydrogens (tertiary/aromatic N) is 1. The number of carbonyl (C=O) groups excluding carboxylic acids is 1. The van der Waals surface area contributed by atoms with Crippen molar-refractivity contribution in [3.05, 3.63) is 70.2 Å². The third-order valence-electron chi connectivity index (χ3n) is 4.44. The molecule has 1 aliphatic rings. The maximum atomic E-state index is 12.8. The fourth-order valence-electron chi connectivity index (χ4n) is 3.30. The predicted octanol–water partition coefficient (Wildman–Crippen LogP) is 3.59. The van der Waals surface area contributed by atoms with Gasteiger partial charge < -0.3 is 10.0 Å². The van der Waals surface area contributed by atoms with Crippen LogP contribution in [0.15, 0.2) is 48.5 Å². The van der Waals surface area contributed by atoms with Crippen molar-refractivity contribution in [1.29, 1.82) is 0 Å². The zero-order valence-electron chi connectivity index (χ0n) is 13.3. The average Bonchev–Trinajstić information content (AvgIpc) is 2.99. The van der Waals surface area contributed by atoms with Gasteiger partial charge in [0.25, 0.3) is 5.91 Å². The molecule has 5 heteroatoms. The zero-order chi connectivity index (χ0) is 17.3. The van der Waals surface area contributed by atoms with Crippen LogP contribution in [0.4, 0.5) is 0 Å². The summed E-state index contributed by atoms with van der Waals surface area (Å²) in [6.07, 6.45) is 0. The number of carboxylic acids is 1. The molecule has 2 aromatic rings. The number of likely N-dealkylation sites (tertiary alicyclic amines) is 1. The number of hydrogen-bond acceptors (Lipinski definition) is 2. The number of amides is 1. The van der Waals surface area contributed by atoms with Crippen LogP contribution in [0.5, 0.6) is 0 Å². The van der Waals surface area contributed by atoms with Gasteiger partial charge in [0, 0.05) is 29.6 Å². The quantitative estimate of drug-likeness (QED) is 0.926. The summed E-state index contributed by atoms with van der Waals surface area (Å²) in [5, 5.41) is 10.1. The van der Waals surface area contributed by atoms with E-state index >= 15 is 0 Å². The summed E-state index contributed by atoms with van der Waals surface area (Å²) < 4.78 is 0. The Balaban J connectivity index is 1.87. The Hall–Kier alpha value is -2.33. The standard InChI is InChI=1S/C19H18ClNO3/c1-12-7-14(9-15(20)8-12)18(22)21-10-16(17(11-21)19(23)24)13-5-3-2-4-6-13/h2-9,16-17H,10-11H2,1H3,(H,23,24). The summed E-state index contributed by atoms with van der Waals surface area (Å²) >= 11 is 6.04. The Morgan fingerprint density at radius 1 is 1.12 bits per heavy atom. The Labute approximate surface area is 145 Å². The molecule has 2 aromatic carbocycles. The highest BCUT2D eigenvalue weighted by molar-refractivity contribution is 6.31. The van der Waals surface area contributed by atoms with E-state index in [0.29, 0.717) is 17.1 Å². The lowest BCUT2D eigenvalue weighted by atomic mass is 9.89. The monoisotopic (exact) mass is 343 g/mol. The lowest BCUT2D eigenvalue weighted by Gasteiger charge is -2.17. The molecule has 124 valence electrons. The molecule has 0 radical (unpaired) electrons. The van der Waals surface area contributed by atoms with Gasteiger partial charge in [-0.2, -0.15) is 0 Å². The number of aryl methyl sites for hydroxylation is 1. The third-order valence-corrected chi connectivity index (χ3v) is 4.66. The van der Waals surface area contributed by atoms with E-state index in [-0.39, 0.29) is 18.4 Å². The molecule has 1 N–H and O–H groups in total. The molecule has 1 saturated heterocycles. The normalized spacial score (nSPS) is 20.2. The predicted molar refractivity (Wildman–Crippen MR) is 92.4 cm³/mol. The fourth-order valence-corrected chi connectivity index (χ4v) is 3.59. The molecule has 1 heterocycles. The molecule has 2 unspecified atom stereocenters. The van der Waals surface area contributed by atoms with Crippen LogP contribution < -0.4 is 0 Å². The number of rotatable bonds is 3. The Morgan fingerprint density at radius 2 is 1.83 bits per heavy atom. The van der Waals surface area contributed by atoms with Gasteiger partial charge in [0.1, 0.15) is 0 Å². The molecule has 1 fully saturated rings. The molecule has 0 aliphatic carbocycles. The summed E-state index contributed by atoms with van der Waals surface area (Å²) in [5.74, 6) is -1.85. The van der Waals surface area contributed by atoms with E-state index in [9.17, 15) is 14.7 Å². The van der Waals surface area contributed by atoms with Crippen LogP contribution >= 0.6 is 11.6 Å². The highest BCUT2D eigenvalue weighted by atomic mass is 35.5. The number of hydrogen-bond donors (Lipinski definition) is 1. The minimum atomic E-state index is -0.874. The summed E-state index contributed by atoms with van der Waals surface area (Å²) in [7, 11) is 0. The van der Waals surface area contributed by atoms with Gasteiger partial charge in [0.2, 0.25) is 0 Å². The summed E-state index contributed by atoms with van der Waals surface area (Å²) in [6.45, 7) is 2.48. The van der Waals surface area contributed by atoms with E-state index in [1.54, 1.807) is 23.1 Å². The summed E-state index contributed by atoms with van der Waals surface area (Å²) in [4.78, 5) is 26.0. The fraction of sp³-hybridized carbons (Fsp3) is 0.263. The molecule has 0 spiro atoms. The molecular weight excluding hydrogens is 326 g/mol. The van der Waals surface area contributed by atoms with Crippen molar-refractivity contribution in [3.63, 3.8) is 0 Å². The number of carbonyl (C=O) groups is 2. The van der Waals surface area contributed by atoms with Crippen LogP contribution in [0.25, 0.3) is 0 Å². The van der Waals surface area contributed by atoms with Crippen LogP contribution in [0, 0.1) is 12.8 Å². The molecule has 3 rings (SSSR count). The summed E-state index contributed by atoms with van der Waals surface area (Å²) in [6, 6.07) is 14.7. The highest BCUT2D eigenvalue weighted by Gasteiger charge is 2.40. The topological polar surface area (TPSA) is 57.6 Å². The smallest absolute Gasteiger partial charge is 0.308 e. The summed E-state index contributed by atoms with van der Waals surface area (Å²) in [5.41, 5.74) is 2.35. The maximum absolute atomic E-state index is 12.8.